The van der Waals surface area contributed by atoms with Crippen LogP contribution in [0.1, 0.15) is 24.4 Å². The van der Waals surface area contributed by atoms with Gasteiger partial charge in [0.2, 0.25) is 0 Å². The van der Waals surface area contributed by atoms with Gasteiger partial charge in [-0.3, -0.25) is 0 Å². The average Bonchev–Trinajstić information content (AvgIpc) is 3.29. The molecule has 8 heteroatoms. The minimum Gasteiger partial charge on any atom is -0.384 e. The van der Waals surface area contributed by atoms with E-state index in [4.69, 9.17) is 15.6 Å². The summed E-state index contributed by atoms with van der Waals surface area (Å²) >= 11 is 0. The van der Waals surface area contributed by atoms with Gasteiger partial charge in [-0.05, 0) is 31.4 Å². The number of nitrogens with one attached hydrogen (secondary N) is 1. The Kier molecular flexibility index (Phi) is 3.53. The molecule has 134 valence electrons. The van der Waals surface area contributed by atoms with Gasteiger partial charge in [0.1, 0.15) is 23.7 Å². The van der Waals surface area contributed by atoms with E-state index in [9.17, 15) is 0 Å². The number of rotatable bonds is 2. The number of nitrogens with zero attached hydrogens (tertiary/aromatic N) is 4. The molecular weight excluding hydrogens is 335 g/mol. The predicted octanol–water partition coefficient (Wildman–Crippen LogP) is 2.53. The van der Waals surface area contributed by atoms with Gasteiger partial charge in [-0.1, -0.05) is 0 Å². The first-order valence-electron chi connectivity index (χ1n) is 8.86. The second-order valence-electron chi connectivity index (χ2n) is 6.72. The minimum absolute atomic E-state index is 0.161. The van der Waals surface area contributed by atoms with Crippen LogP contribution in [0.2, 0.25) is 0 Å². The molecule has 2 aliphatic heterocycles. The largest absolute Gasteiger partial charge is 0.384 e. The molecule has 0 spiro atoms. The van der Waals surface area contributed by atoms with Crippen LogP contribution in [-0.2, 0) is 11.2 Å². The zero-order chi connectivity index (χ0) is 17.7. The number of fused-ring (bicyclic) bond motifs is 2. The van der Waals surface area contributed by atoms with Crippen LogP contribution in [0.3, 0.4) is 0 Å². The monoisotopic (exact) mass is 354 g/mol. The summed E-state index contributed by atoms with van der Waals surface area (Å²) in [7, 11) is 0. The fraction of sp³-hybridized carbons (Fsp3) is 0.389. The number of benzene rings is 1. The highest BCUT2D eigenvalue weighted by molar-refractivity contribution is 5.98. The third kappa shape index (κ3) is 2.25. The number of nitrogens with two attached hydrogens (primary N) is 1. The van der Waals surface area contributed by atoms with E-state index in [1.807, 2.05) is 10.7 Å². The van der Waals surface area contributed by atoms with Crippen LogP contribution < -0.4 is 11.1 Å². The van der Waals surface area contributed by atoms with Crippen molar-refractivity contribution in [2.45, 2.75) is 25.3 Å². The summed E-state index contributed by atoms with van der Waals surface area (Å²) < 4.78 is 22.5. The third-order valence-corrected chi connectivity index (χ3v) is 5.24. The zero-order valence-corrected chi connectivity index (χ0v) is 14.2. The lowest BCUT2D eigenvalue weighted by Gasteiger charge is -2.22. The van der Waals surface area contributed by atoms with Crippen LogP contribution in [0.4, 0.5) is 15.9 Å². The molecule has 1 saturated heterocycles. The van der Waals surface area contributed by atoms with Crippen molar-refractivity contribution < 1.29 is 9.13 Å². The van der Waals surface area contributed by atoms with E-state index in [1.54, 1.807) is 6.07 Å². The molecule has 26 heavy (non-hydrogen) atoms. The Labute approximate surface area is 149 Å². The van der Waals surface area contributed by atoms with Crippen molar-refractivity contribution in [3.63, 3.8) is 0 Å². The Hall–Kier alpha value is -2.74. The summed E-state index contributed by atoms with van der Waals surface area (Å²) in [6.07, 6.45) is 3.79. The molecule has 3 N–H and O–H groups in total. The molecule has 0 unspecified atom stereocenters. The Morgan fingerprint density at radius 1 is 1.23 bits per heavy atom. The first kappa shape index (κ1) is 15.5. The topological polar surface area (TPSA) is 90.9 Å². The maximum atomic E-state index is 15.2. The van der Waals surface area contributed by atoms with Gasteiger partial charge in [-0.15, -0.1) is 0 Å². The van der Waals surface area contributed by atoms with E-state index >= 15 is 4.39 Å². The van der Waals surface area contributed by atoms with E-state index < -0.39 is 0 Å². The summed E-state index contributed by atoms with van der Waals surface area (Å²) in [5.41, 5.74) is 9.30. The number of aromatic nitrogens is 4. The van der Waals surface area contributed by atoms with Gasteiger partial charge in [0.25, 0.3) is 0 Å². The summed E-state index contributed by atoms with van der Waals surface area (Å²) in [6.45, 7) is 2.11. The second kappa shape index (κ2) is 5.91. The van der Waals surface area contributed by atoms with Crippen LogP contribution in [0.25, 0.3) is 22.3 Å². The highest BCUT2D eigenvalue weighted by Crippen LogP contribution is 2.38. The molecule has 3 aromatic rings. The smallest absolute Gasteiger partial charge is 0.164 e. The first-order chi connectivity index (χ1) is 12.7. The number of nitrogen functional groups attached to an aromatic ring is 1. The average molecular weight is 354 g/mol. The molecule has 7 nitrogen and oxygen atoms in total. The van der Waals surface area contributed by atoms with E-state index in [1.165, 1.54) is 6.33 Å². The predicted molar refractivity (Wildman–Crippen MR) is 96.4 cm³/mol. The Morgan fingerprint density at radius 3 is 2.92 bits per heavy atom. The molecule has 1 fully saturated rings. The second-order valence-corrected chi connectivity index (χ2v) is 6.72. The van der Waals surface area contributed by atoms with Crippen LogP contribution >= 0.6 is 0 Å². The van der Waals surface area contributed by atoms with E-state index in [2.05, 4.69) is 15.3 Å². The fourth-order valence-corrected chi connectivity index (χ4v) is 3.90. The summed E-state index contributed by atoms with van der Waals surface area (Å²) in [4.78, 5) is 8.51. The Morgan fingerprint density at radius 2 is 2.08 bits per heavy atom. The van der Waals surface area contributed by atoms with Crippen LogP contribution in [0.15, 0.2) is 18.5 Å². The van der Waals surface area contributed by atoms with Gasteiger partial charge >= 0.3 is 0 Å². The van der Waals surface area contributed by atoms with Crippen molar-refractivity contribution in [2.24, 2.45) is 0 Å². The highest BCUT2D eigenvalue weighted by Gasteiger charge is 2.27. The summed E-state index contributed by atoms with van der Waals surface area (Å²) in [5.74, 6) is 0.0793. The number of anilines is 2. The van der Waals surface area contributed by atoms with Gasteiger partial charge in [-0.2, -0.15) is 5.10 Å². The lowest BCUT2D eigenvalue weighted by atomic mass is 10.0. The molecule has 2 aromatic heterocycles. The molecule has 0 bridgehead atoms. The Bertz CT molecular complexity index is 995. The van der Waals surface area contributed by atoms with Gasteiger partial charge in [0.15, 0.2) is 5.65 Å². The molecule has 4 heterocycles. The van der Waals surface area contributed by atoms with Gasteiger partial charge in [0, 0.05) is 36.6 Å². The van der Waals surface area contributed by atoms with E-state index in [-0.39, 0.29) is 11.9 Å². The lowest BCUT2D eigenvalue weighted by molar-refractivity contribution is 0.0674. The quantitative estimate of drug-likeness (QED) is 0.735. The van der Waals surface area contributed by atoms with Crippen molar-refractivity contribution in [3.8, 4) is 11.3 Å². The molecule has 0 radical (unpaired) electrons. The van der Waals surface area contributed by atoms with Crippen LogP contribution in [0.5, 0.6) is 0 Å². The molecule has 1 aromatic carbocycles. The lowest BCUT2D eigenvalue weighted by Crippen LogP contribution is -2.20. The SMILES string of the molecule is Nc1ncnc2c1c(-c1ccc3c(c1F)CCN3)nn2C1CCOCC1. The normalized spacial score (nSPS) is 17.4. The maximum absolute atomic E-state index is 15.2. The van der Waals surface area contributed by atoms with Crippen molar-refractivity contribution in [1.82, 2.24) is 19.7 Å². The first-order valence-corrected chi connectivity index (χ1v) is 8.86. The number of ether oxygens (including phenoxy) is 1. The Balaban J connectivity index is 1.73. The third-order valence-electron chi connectivity index (χ3n) is 5.24. The molecule has 2 aliphatic rings. The minimum atomic E-state index is -0.241. The molecule has 0 amide bonds. The van der Waals surface area contributed by atoms with Crippen molar-refractivity contribution >= 4 is 22.5 Å². The van der Waals surface area contributed by atoms with Gasteiger partial charge < -0.3 is 15.8 Å². The number of halogens is 1. The molecule has 0 atom stereocenters. The summed E-state index contributed by atoms with van der Waals surface area (Å²) in [5, 5.41) is 8.56. The molecule has 5 rings (SSSR count). The molecule has 0 aliphatic carbocycles. The van der Waals surface area contributed by atoms with Crippen LogP contribution in [-0.4, -0.2) is 39.5 Å². The zero-order valence-electron chi connectivity index (χ0n) is 14.2. The highest BCUT2D eigenvalue weighted by atomic mass is 19.1. The molecular formula is C18H19FN6O. The van der Waals surface area contributed by atoms with Crippen LogP contribution in [0, 0.1) is 5.82 Å². The summed E-state index contributed by atoms with van der Waals surface area (Å²) in [6, 6.07) is 3.82. The number of hydrogen-bond acceptors (Lipinski definition) is 6. The van der Waals surface area contributed by atoms with E-state index in [0.29, 0.717) is 53.3 Å². The standard InChI is InChI=1S/C18H19FN6O/c19-15-11-3-6-21-13(11)2-1-12(15)16-14-17(20)22-9-23-18(14)25(24-16)10-4-7-26-8-5-10/h1-2,9-10,21H,3-8H2,(H2,20,22,23). The maximum Gasteiger partial charge on any atom is 0.164 e. The number of hydrogen-bond donors (Lipinski definition) is 2. The van der Waals surface area contributed by atoms with Gasteiger partial charge in [-0.25, -0.2) is 19.0 Å². The van der Waals surface area contributed by atoms with Gasteiger partial charge in [0.05, 0.1) is 11.4 Å². The fourth-order valence-electron chi connectivity index (χ4n) is 3.90. The van der Waals surface area contributed by atoms with Crippen molar-refractivity contribution in [2.75, 3.05) is 30.8 Å². The van der Waals surface area contributed by atoms with E-state index in [0.717, 1.165) is 25.1 Å². The van der Waals surface area contributed by atoms with Crippen molar-refractivity contribution in [3.05, 3.63) is 29.8 Å². The van der Waals surface area contributed by atoms with Crippen molar-refractivity contribution in [1.29, 1.82) is 0 Å². The molecule has 0 saturated carbocycles.